The maximum Gasteiger partial charge on any atom is 0.361 e. The SMILES string of the molecule is CC/C=C\C/C=C\C/C=C\C/C=C\C/C=C\CCCCCCCCCCCCCCCCCC(=O)OC(COC(=O)CCCCCCCCCCC/C=C\C/C=C\CCCCC)COC(OCC[N+](C)(C)C)C(=O)O. The van der Waals surface area contributed by atoms with Crippen LogP contribution < -0.4 is 0 Å². The van der Waals surface area contributed by atoms with Crippen LogP contribution in [0.15, 0.2) is 85.1 Å². The number of hydrogen-bond acceptors (Lipinski definition) is 7. The van der Waals surface area contributed by atoms with Crippen molar-refractivity contribution in [3.63, 3.8) is 0 Å². The second-order valence-corrected chi connectivity index (χ2v) is 21.6. The summed E-state index contributed by atoms with van der Waals surface area (Å²) < 4.78 is 22.9. The van der Waals surface area contributed by atoms with Gasteiger partial charge in [-0.05, 0) is 89.9 Å². The van der Waals surface area contributed by atoms with Gasteiger partial charge in [-0.1, -0.05) is 240 Å². The topological polar surface area (TPSA) is 108 Å². The molecule has 0 amide bonds. The highest BCUT2D eigenvalue weighted by Crippen LogP contribution is 2.16. The molecule has 0 aromatic rings. The molecule has 432 valence electrons. The maximum absolute atomic E-state index is 12.9. The van der Waals surface area contributed by atoms with E-state index in [1.165, 1.54) is 154 Å². The summed E-state index contributed by atoms with van der Waals surface area (Å²) in [6.07, 6.45) is 72.4. The number of allylic oxidation sites excluding steroid dienone is 14. The van der Waals surface area contributed by atoms with Gasteiger partial charge in [0.05, 0.1) is 34.4 Å². The van der Waals surface area contributed by atoms with Gasteiger partial charge in [0.15, 0.2) is 6.10 Å². The third-order valence-corrected chi connectivity index (χ3v) is 13.1. The van der Waals surface area contributed by atoms with Gasteiger partial charge in [-0.25, -0.2) is 4.79 Å². The molecule has 0 rings (SSSR count). The van der Waals surface area contributed by atoms with Gasteiger partial charge >= 0.3 is 17.9 Å². The molecule has 0 aliphatic heterocycles. The van der Waals surface area contributed by atoms with Crippen molar-refractivity contribution >= 4 is 17.9 Å². The van der Waals surface area contributed by atoms with Crippen LogP contribution >= 0.6 is 0 Å². The number of quaternary nitrogens is 1. The number of aliphatic carboxylic acids is 1. The highest BCUT2D eigenvalue weighted by molar-refractivity contribution is 5.71. The molecule has 9 nitrogen and oxygen atoms in total. The zero-order chi connectivity index (χ0) is 54.8. The van der Waals surface area contributed by atoms with Crippen LogP contribution in [-0.2, 0) is 33.3 Å². The molecule has 0 aromatic heterocycles. The molecule has 0 aromatic carbocycles. The monoisotopic (exact) mass is 1050 g/mol. The summed E-state index contributed by atoms with van der Waals surface area (Å²) in [5, 5.41) is 9.71. The number of carbonyl (C=O) groups is 3. The Hall–Kier alpha value is -3.53. The number of likely N-dealkylation sites (N-methyl/N-ethyl adjacent to an activating group) is 1. The number of rotatable bonds is 56. The third kappa shape index (κ3) is 58.0. The molecule has 0 radical (unpaired) electrons. The molecule has 0 fully saturated rings. The smallest absolute Gasteiger partial charge is 0.361 e. The van der Waals surface area contributed by atoms with Crippen LogP contribution in [0, 0.1) is 0 Å². The molecule has 2 atom stereocenters. The van der Waals surface area contributed by atoms with Crippen LogP contribution in [0.5, 0.6) is 0 Å². The van der Waals surface area contributed by atoms with Crippen LogP contribution in [0.1, 0.15) is 258 Å². The maximum atomic E-state index is 12.9. The van der Waals surface area contributed by atoms with Crippen molar-refractivity contribution in [1.82, 2.24) is 0 Å². The number of nitrogens with zero attached hydrogens (tertiary/aromatic N) is 1. The minimum absolute atomic E-state index is 0.185. The summed E-state index contributed by atoms with van der Waals surface area (Å²) in [6.45, 7) is 4.75. The Balaban J connectivity index is 4.17. The van der Waals surface area contributed by atoms with Gasteiger partial charge in [0.25, 0.3) is 6.29 Å². The van der Waals surface area contributed by atoms with Crippen LogP contribution in [0.3, 0.4) is 0 Å². The van der Waals surface area contributed by atoms with Crippen molar-refractivity contribution in [3.05, 3.63) is 85.1 Å². The zero-order valence-corrected chi connectivity index (χ0v) is 49.2. The van der Waals surface area contributed by atoms with Gasteiger partial charge < -0.3 is 28.5 Å². The Morgan fingerprint density at radius 3 is 1.13 bits per heavy atom. The summed E-state index contributed by atoms with van der Waals surface area (Å²) in [5.41, 5.74) is 0. The Morgan fingerprint density at radius 1 is 0.413 bits per heavy atom. The molecular formula is C66H116NO8+. The molecule has 0 spiro atoms. The predicted molar refractivity (Wildman–Crippen MR) is 318 cm³/mol. The van der Waals surface area contributed by atoms with E-state index in [0.29, 0.717) is 17.4 Å². The first-order valence-electron chi connectivity index (χ1n) is 30.8. The Kier molecular flexibility index (Phi) is 54.0. The molecule has 0 saturated carbocycles. The average molecular weight is 1050 g/mol. The van der Waals surface area contributed by atoms with Crippen molar-refractivity contribution in [1.29, 1.82) is 0 Å². The second-order valence-electron chi connectivity index (χ2n) is 21.6. The van der Waals surface area contributed by atoms with E-state index < -0.39 is 24.3 Å². The van der Waals surface area contributed by atoms with E-state index in [-0.39, 0.29) is 32.2 Å². The number of carbonyl (C=O) groups excluding carboxylic acids is 2. The zero-order valence-electron chi connectivity index (χ0n) is 49.2. The molecule has 0 aliphatic carbocycles. The molecule has 0 aliphatic rings. The predicted octanol–water partition coefficient (Wildman–Crippen LogP) is 18.3. The lowest BCUT2D eigenvalue weighted by Crippen LogP contribution is -2.40. The highest BCUT2D eigenvalue weighted by atomic mass is 16.7. The lowest BCUT2D eigenvalue weighted by Gasteiger charge is -2.25. The van der Waals surface area contributed by atoms with E-state index in [0.717, 1.165) is 77.0 Å². The van der Waals surface area contributed by atoms with E-state index in [2.05, 4.69) is 98.9 Å². The van der Waals surface area contributed by atoms with Gasteiger partial charge in [0, 0.05) is 12.8 Å². The molecule has 0 heterocycles. The minimum atomic E-state index is -1.51. The minimum Gasteiger partial charge on any atom is -0.477 e. The number of esters is 2. The first-order chi connectivity index (χ1) is 36.6. The van der Waals surface area contributed by atoms with Crippen molar-refractivity contribution in [2.75, 3.05) is 47.5 Å². The largest absolute Gasteiger partial charge is 0.477 e. The molecule has 0 saturated heterocycles. The molecule has 1 N–H and O–H groups in total. The van der Waals surface area contributed by atoms with Gasteiger partial charge in [-0.2, -0.15) is 0 Å². The lowest BCUT2D eigenvalue weighted by atomic mass is 10.0. The molecule has 75 heavy (non-hydrogen) atoms. The van der Waals surface area contributed by atoms with E-state index in [1.54, 1.807) is 0 Å². The number of ether oxygens (including phenoxy) is 4. The van der Waals surface area contributed by atoms with Gasteiger partial charge in [0.1, 0.15) is 13.2 Å². The van der Waals surface area contributed by atoms with Crippen LogP contribution in [0.2, 0.25) is 0 Å². The number of carboxylic acids is 1. The van der Waals surface area contributed by atoms with Gasteiger partial charge in [-0.15, -0.1) is 0 Å². The molecule has 9 heteroatoms. The fourth-order valence-corrected chi connectivity index (χ4v) is 8.42. The van der Waals surface area contributed by atoms with Crippen molar-refractivity contribution in [3.8, 4) is 0 Å². The number of hydrogen-bond donors (Lipinski definition) is 1. The number of carboxylic acid groups (broad SMARTS) is 1. The average Bonchev–Trinajstić information content (AvgIpc) is 3.38. The normalized spacial score (nSPS) is 13.3. The summed E-state index contributed by atoms with van der Waals surface area (Å²) in [7, 11) is 5.97. The van der Waals surface area contributed by atoms with E-state index in [1.807, 2.05) is 21.1 Å². The lowest BCUT2D eigenvalue weighted by molar-refractivity contribution is -0.870. The Bertz CT molecular complexity index is 1500. The summed E-state index contributed by atoms with van der Waals surface area (Å²) in [6, 6.07) is 0. The van der Waals surface area contributed by atoms with Crippen molar-refractivity contribution in [2.45, 2.75) is 270 Å². The number of unbranched alkanes of at least 4 members (excludes halogenated alkanes) is 27. The van der Waals surface area contributed by atoms with Gasteiger partial charge in [0.2, 0.25) is 0 Å². The van der Waals surface area contributed by atoms with E-state index in [4.69, 9.17) is 18.9 Å². The van der Waals surface area contributed by atoms with E-state index >= 15 is 0 Å². The first kappa shape index (κ1) is 71.5. The van der Waals surface area contributed by atoms with Crippen LogP contribution in [-0.4, -0.2) is 87.4 Å². The molecule has 2 unspecified atom stereocenters. The highest BCUT2D eigenvalue weighted by Gasteiger charge is 2.25. The quantitative estimate of drug-likeness (QED) is 0.0211. The summed E-state index contributed by atoms with van der Waals surface area (Å²) >= 11 is 0. The van der Waals surface area contributed by atoms with Crippen molar-refractivity contribution in [2.24, 2.45) is 0 Å². The summed E-state index contributed by atoms with van der Waals surface area (Å²) in [5.74, 6) is -2.01. The van der Waals surface area contributed by atoms with Crippen LogP contribution in [0.25, 0.3) is 0 Å². The molecule has 0 bridgehead atoms. The Morgan fingerprint density at radius 2 is 0.760 bits per heavy atom. The van der Waals surface area contributed by atoms with Crippen LogP contribution in [0.4, 0.5) is 0 Å². The fourth-order valence-electron chi connectivity index (χ4n) is 8.42. The van der Waals surface area contributed by atoms with Crippen molar-refractivity contribution < 1.29 is 42.9 Å². The fraction of sp³-hybridized carbons (Fsp3) is 0.742. The summed E-state index contributed by atoms with van der Waals surface area (Å²) in [4.78, 5) is 37.5. The van der Waals surface area contributed by atoms with E-state index in [9.17, 15) is 19.5 Å². The molecular weight excluding hydrogens is 935 g/mol. The van der Waals surface area contributed by atoms with Gasteiger partial charge in [-0.3, -0.25) is 9.59 Å². The Labute approximate surface area is 461 Å². The first-order valence-corrected chi connectivity index (χ1v) is 30.8. The standard InChI is InChI=1S/C66H115NO8/c1-6-8-10-12-14-16-18-20-22-24-26-27-28-29-30-31-32-33-34-35-36-37-39-41-43-45-47-49-51-53-55-57-64(69)75-62(61-74-66(65(70)71)72-59-58-67(3,4)5)60-73-63(68)56-54-52-50-48-46-44-42-40-38-25-23-21-19-17-15-13-11-9-7-2/h8,10,14-17,20-23,26-27,29-30,62,66H,6-7,9,11-13,18-19,24-25,28,31-61H2,1-5H3/p+1/b10-8-,16-14-,17-15-,22-20-,23-21-,27-26-,30-29-. The second kappa shape index (κ2) is 56.7. The third-order valence-electron chi connectivity index (χ3n) is 13.1.